The highest BCUT2D eigenvalue weighted by Gasteiger charge is 2.13. The zero-order valence-electron chi connectivity index (χ0n) is 14.2. The minimum Gasteiger partial charge on any atom is -0.394 e. The molecular weight excluding hydrogens is 322 g/mol. The second kappa shape index (κ2) is 9.39. The van der Waals surface area contributed by atoms with Crippen molar-refractivity contribution in [3.05, 3.63) is 51.5 Å². The molecule has 24 heavy (non-hydrogen) atoms. The number of hydrogen-bond donors (Lipinski definition) is 3. The monoisotopic (exact) mass is 347 g/mol. The summed E-state index contributed by atoms with van der Waals surface area (Å²) in [5.41, 5.74) is 3.18. The number of thiazole rings is 1. The van der Waals surface area contributed by atoms with Gasteiger partial charge in [-0.1, -0.05) is 31.2 Å². The summed E-state index contributed by atoms with van der Waals surface area (Å²) >= 11 is 1.65. The Bertz CT molecular complexity index is 640. The van der Waals surface area contributed by atoms with Crippen LogP contribution in [0.5, 0.6) is 0 Å². The summed E-state index contributed by atoms with van der Waals surface area (Å²) in [5.74, 6) is 0. The summed E-state index contributed by atoms with van der Waals surface area (Å²) in [6.07, 6.45) is 2.67. The van der Waals surface area contributed by atoms with Gasteiger partial charge in [-0.15, -0.1) is 11.3 Å². The molecule has 2 amide bonds. The number of aliphatic hydroxyl groups is 1. The Labute approximate surface area is 147 Å². The van der Waals surface area contributed by atoms with Crippen LogP contribution in [0.1, 0.15) is 41.2 Å². The lowest BCUT2D eigenvalue weighted by molar-refractivity contribution is 0.217. The van der Waals surface area contributed by atoms with Crippen LogP contribution < -0.4 is 10.6 Å². The van der Waals surface area contributed by atoms with Crippen LogP contribution in [0.25, 0.3) is 0 Å². The van der Waals surface area contributed by atoms with Crippen LogP contribution in [-0.4, -0.2) is 29.3 Å². The van der Waals surface area contributed by atoms with E-state index in [4.69, 9.17) is 0 Å². The van der Waals surface area contributed by atoms with Crippen LogP contribution in [0.2, 0.25) is 0 Å². The van der Waals surface area contributed by atoms with E-state index in [1.165, 1.54) is 5.56 Å². The van der Waals surface area contributed by atoms with Crippen LogP contribution in [-0.2, 0) is 12.8 Å². The predicted molar refractivity (Wildman–Crippen MR) is 97.4 cm³/mol. The minimum absolute atomic E-state index is 0.128. The molecule has 5 nitrogen and oxygen atoms in total. The number of nitrogens with zero attached hydrogens (tertiary/aromatic N) is 1. The van der Waals surface area contributed by atoms with Crippen molar-refractivity contribution in [2.45, 2.75) is 39.2 Å². The highest BCUT2D eigenvalue weighted by Crippen LogP contribution is 2.14. The Hall–Kier alpha value is -1.92. The second-order valence-electron chi connectivity index (χ2n) is 5.72. The number of nitrogens with one attached hydrogen (secondary N) is 2. The van der Waals surface area contributed by atoms with E-state index in [9.17, 15) is 9.90 Å². The average Bonchev–Trinajstić information content (AvgIpc) is 3.02. The molecule has 0 aliphatic heterocycles. The first kappa shape index (κ1) is 18.4. The van der Waals surface area contributed by atoms with Gasteiger partial charge in [-0.3, -0.25) is 0 Å². The standard InChI is InChI=1S/C18H25N3O2S/c1-3-14-6-8-15(9-7-14)16(11-22)21-18(23)19-10-4-5-17-20-13(2)12-24-17/h6-9,12,16,22H,3-5,10-11H2,1-2H3,(H2,19,21,23). The molecule has 130 valence electrons. The van der Waals surface area contributed by atoms with Gasteiger partial charge in [0.2, 0.25) is 0 Å². The number of urea groups is 1. The fourth-order valence-corrected chi connectivity index (χ4v) is 3.21. The van der Waals surface area contributed by atoms with Gasteiger partial charge in [0.15, 0.2) is 0 Å². The van der Waals surface area contributed by atoms with Gasteiger partial charge in [-0.2, -0.15) is 0 Å². The molecule has 1 aromatic heterocycles. The smallest absolute Gasteiger partial charge is 0.315 e. The molecule has 0 aliphatic carbocycles. The van der Waals surface area contributed by atoms with Crippen LogP contribution in [0.3, 0.4) is 0 Å². The molecular formula is C18H25N3O2S. The number of benzene rings is 1. The first-order chi connectivity index (χ1) is 11.6. The Morgan fingerprint density at radius 2 is 2.08 bits per heavy atom. The first-order valence-corrected chi connectivity index (χ1v) is 9.15. The van der Waals surface area contributed by atoms with Gasteiger partial charge in [0.25, 0.3) is 0 Å². The number of carbonyl (C=O) groups is 1. The SMILES string of the molecule is CCc1ccc(C(CO)NC(=O)NCCCc2nc(C)cs2)cc1. The van der Waals surface area contributed by atoms with Crippen LogP contribution in [0.4, 0.5) is 4.79 Å². The van der Waals surface area contributed by atoms with Gasteiger partial charge < -0.3 is 15.7 Å². The van der Waals surface area contributed by atoms with E-state index < -0.39 is 6.04 Å². The molecule has 2 rings (SSSR count). The number of aliphatic hydroxyl groups excluding tert-OH is 1. The van der Waals surface area contributed by atoms with E-state index in [0.29, 0.717) is 6.54 Å². The molecule has 1 aromatic carbocycles. The van der Waals surface area contributed by atoms with E-state index >= 15 is 0 Å². The van der Waals surface area contributed by atoms with Gasteiger partial charge in [-0.05, 0) is 30.9 Å². The molecule has 0 saturated heterocycles. The number of amides is 2. The predicted octanol–water partition coefficient (Wildman–Crippen LogP) is 2.98. The highest BCUT2D eigenvalue weighted by atomic mass is 32.1. The van der Waals surface area contributed by atoms with E-state index in [-0.39, 0.29) is 12.6 Å². The molecule has 1 atom stereocenters. The molecule has 1 unspecified atom stereocenters. The van der Waals surface area contributed by atoms with Crippen molar-refractivity contribution in [3.63, 3.8) is 0 Å². The normalized spacial score (nSPS) is 12.0. The number of aryl methyl sites for hydroxylation is 3. The van der Waals surface area contributed by atoms with Crippen molar-refractivity contribution in [3.8, 4) is 0 Å². The summed E-state index contributed by atoms with van der Waals surface area (Å²) in [6.45, 7) is 4.53. The second-order valence-corrected chi connectivity index (χ2v) is 6.66. The molecule has 2 aromatic rings. The van der Waals surface area contributed by atoms with Gasteiger partial charge in [0, 0.05) is 24.0 Å². The van der Waals surface area contributed by atoms with E-state index in [2.05, 4.69) is 22.5 Å². The van der Waals surface area contributed by atoms with E-state index in [1.54, 1.807) is 11.3 Å². The summed E-state index contributed by atoms with van der Waals surface area (Å²) in [6, 6.07) is 7.29. The fourth-order valence-electron chi connectivity index (χ4n) is 2.39. The largest absolute Gasteiger partial charge is 0.394 e. The lowest BCUT2D eigenvalue weighted by Gasteiger charge is -2.17. The summed E-state index contributed by atoms with van der Waals surface area (Å²) in [4.78, 5) is 16.4. The van der Waals surface area contributed by atoms with Gasteiger partial charge >= 0.3 is 6.03 Å². The van der Waals surface area contributed by atoms with Crippen LogP contribution in [0, 0.1) is 6.92 Å². The van der Waals surface area contributed by atoms with Crippen molar-refractivity contribution in [1.29, 1.82) is 0 Å². The lowest BCUT2D eigenvalue weighted by Crippen LogP contribution is -2.39. The maximum Gasteiger partial charge on any atom is 0.315 e. The molecule has 0 radical (unpaired) electrons. The minimum atomic E-state index is -0.391. The Kier molecular flexibility index (Phi) is 7.21. The van der Waals surface area contributed by atoms with Gasteiger partial charge in [0.1, 0.15) is 0 Å². The lowest BCUT2D eigenvalue weighted by atomic mass is 10.0. The molecule has 1 heterocycles. The molecule has 6 heteroatoms. The average molecular weight is 347 g/mol. The maximum atomic E-state index is 12.0. The maximum absolute atomic E-state index is 12.0. The van der Waals surface area contributed by atoms with E-state index in [1.807, 2.05) is 36.6 Å². The van der Waals surface area contributed by atoms with Gasteiger partial charge in [-0.25, -0.2) is 9.78 Å². The van der Waals surface area contributed by atoms with E-state index in [0.717, 1.165) is 35.5 Å². The topological polar surface area (TPSA) is 74.2 Å². The van der Waals surface area contributed by atoms with Crippen molar-refractivity contribution in [2.75, 3.05) is 13.2 Å². The number of rotatable bonds is 8. The number of carbonyl (C=O) groups excluding carboxylic acids is 1. The molecule has 0 aliphatic rings. The molecule has 0 fully saturated rings. The molecule has 0 saturated carbocycles. The third-order valence-electron chi connectivity index (χ3n) is 3.80. The van der Waals surface area contributed by atoms with Crippen molar-refractivity contribution in [1.82, 2.24) is 15.6 Å². The Balaban J connectivity index is 1.74. The third-order valence-corrected chi connectivity index (χ3v) is 4.82. The fraction of sp³-hybridized carbons (Fsp3) is 0.444. The zero-order chi connectivity index (χ0) is 17.4. The summed E-state index contributed by atoms with van der Waals surface area (Å²) in [7, 11) is 0. The summed E-state index contributed by atoms with van der Waals surface area (Å²) < 4.78 is 0. The Morgan fingerprint density at radius 3 is 2.67 bits per heavy atom. The van der Waals surface area contributed by atoms with Crippen molar-refractivity contribution >= 4 is 17.4 Å². The van der Waals surface area contributed by atoms with Crippen molar-refractivity contribution < 1.29 is 9.90 Å². The van der Waals surface area contributed by atoms with Gasteiger partial charge in [0.05, 0.1) is 17.7 Å². The Morgan fingerprint density at radius 1 is 1.33 bits per heavy atom. The number of aromatic nitrogens is 1. The summed E-state index contributed by atoms with van der Waals surface area (Å²) in [5, 5.41) is 18.3. The first-order valence-electron chi connectivity index (χ1n) is 8.27. The highest BCUT2D eigenvalue weighted by molar-refractivity contribution is 7.09. The quantitative estimate of drug-likeness (QED) is 0.643. The van der Waals surface area contributed by atoms with Crippen molar-refractivity contribution in [2.24, 2.45) is 0 Å². The van der Waals surface area contributed by atoms with Crippen LogP contribution in [0.15, 0.2) is 29.6 Å². The third kappa shape index (κ3) is 5.62. The molecule has 0 spiro atoms. The number of hydrogen-bond acceptors (Lipinski definition) is 4. The molecule has 3 N–H and O–H groups in total. The van der Waals surface area contributed by atoms with Crippen LogP contribution >= 0.6 is 11.3 Å². The zero-order valence-corrected chi connectivity index (χ0v) is 15.0. The molecule has 0 bridgehead atoms.